The van der Waals surface area contributed by atoms with Crippen molar-refractivity contribution < 1.29 is 28.9 Å². The van der Waals surface area contributed by atoms with E-state index in [-0.39, 0.29) is 49.1 Å². The number of nitrogens with one attached hydrogen (secondary N) is 2. The van der Waals surface area contributed by atoms with Crippen LogP contribution >= 0.6 is 0 Å². The molecule has 0 unspecified atom stereocenters. The lowest BCUT2D eigenvalue weighted by Gasteiger charge is -2.38. The highest BCUT2D eigenvalue weighted by Crippen LogP contribution is 2.47. The van der Waals surface area contributed by atoms with Crippen LogP contribution in [0.25, 0.3) is 0 Å². The largest absolute Gasteiger partial charge is 0.487 e. The Morgan fingerprint density at radius 2 is 1.91 bits per heavy atom. The molecule has 186 valence electrons. The lowest BCUT2D eigenvalue weighted by molar-refractivity contribution is -0.151. The van der Waals surface area contributed by atoms with Crippen LogP contribution in [0, 0.1) is 0 Å². The van der Waals surface area contributed by atoms with Gasteiger partial charge in [0, 0.05) is 36.3 Å². The van der Waals surface area contributed by atoms with E-state index in [4.69, 9.17) is 14.2 Å². The second kappa shape index (κ2) is 10.5. The van der Waals surface area contributed by atoms with Gasteiger partial charge in [-0.25, -0.2) is 4.79 Å². The lowest BCUT2D eigenvalue weighted by atomic mass is 9.84. The van der Waals surface area contributed by atoms with E-state index in [1.807, 2.05) is 23.1 Å². The molecule has 3 N–H and O–H groups in total. The van der Waals surface area contributed by atoms with E-state index in [1.165, 1.54) is 6.42 Å². The molecule has 1 aliphatic carbocycles. The third-order valence-electron chi connectivity index (χ3n) is 7.46. The van der Waals surface area contributed by atoms with Gasteiger partial charge >= 0.3 is 6.03 Å². The Balaban J connectivity index is 1.25. The number of anilines is 1. The van der Waals surface area contributed by atoms with Gasteiger partial charge in [-0.05, 0) is 37.5 Å². The number of hydrogen-bond donors (Lipinski definition) is 3. The summed E-state index contributed by atoms with van der Waals surface area (Å²) in [5.41, 5.74) is 1.70. The maximum Gasteiger partial charge on any atom is 0.319 e. The number of aliphatic hydroxyl groups is 1. The van der Waals surface area contributed by atoms with Gasteiger partial charge in [0.25, 0.3) is 0 Å². The van der Waals surface area contributed by atoms with E-state index in [2.05, 4.69) is 10.6 Å². The van der Waals surface area contributed by atoms with Crippen molar-refractivity contribution in [1.29, 1.82) is 0 Å². The van der Waals surface area contributed by atoms with Crippen molar-refractivity contribution in [3.8, 4) is 5.75 Å². The van der Waals surface area contributed by atoms with Crippen molar-refractivity contribution in [1.82, 2.24) is 10.2 Å². The highest BCUT2D eigenvalue weighted by Gasteiger charge is 2.46. The zero-order valence-corrected chi connectivity index (χ0v) is 19.5. The summed E-state index contributed by atoms with van der Waals surface area (Å²) in [4.78, 5) is 27.1. The summed E-state index contributed by atoms with van der Waals surface area (Å²) in [5.74, 6) is 0.791. The van der Waals surface area contributed by atoms with Crippen LogP contribution in [0.5, 0.6) is 5.75 Å². The molecule has 0 bridgehead atoms. The molecule has 34 heavy (non-hydrogen) atoms. The van der Waals surface area contributed by atoms with Gasteiger partial charge in [-0.15, -0.1) is 0 Å². The fourth-order valence-corrected chi connectivity index (χ4v) is 5.70. The molecule has 1 aromatic carbocycles. The van der Waals surface area contributed by atoms with Gasteiger partial charge in [0.15, 0.2) is 0 Å². The molecule has 2 saturated heterocycles. The maximum atomic E-state index is 12.8. The average molecular weight is 474 g/mol. The van der Waals surface area contributed by atoms with Crippen LogP contribution in [0.3, 0.4) is 0 Å². The van der Waals surface area contributed by atoms with Crippen LogP contribution in [-0.4, -0.2) is 79.2 Å². The van der Waals surface area contributed by atoms with E-state index in [1.54, 1.807) is 0 Å². The first-order valence-electron chi connectivity index (χ1n) is 12.6. The Labute approximate surface area is 200 Å². The molecular formula is C25H35N3O6. The predicted molar refractivity (Wildman–Crippen MR) is 125 cm³/mol. The van der Waals surface area contributed by atoms with Crippen LogP contribution in [0.4, 0.5) is 10.5 Å². The van der Waals surface area contributed by atoms with Crippen LogP contribution in [-0.2, 0) is 14.3 Å². The smallest absolute Gasteiger partial charge is 0.319 e. The van der Waals surface area contributed by atoms with Crippen LogP contribution in [0.15, 0.2) is 18.2 Å². The van der Waals surface area contributed by atoms with Gasteiger partial charge in [0.1, 0.15) is 18.0 Å². The first kappa shape index (κ1) is 23.4. The molecule has 3 aliphatic heterocycles. The number of carbonyl (C=O) groups excluding carboxylic acids is 2. The molecule has 1 aromatic rings. The number of urea groups is 1. The lowest BCUT2D eigenvalue weighted by Crippen LogP contribution is -2.48. The van der Waals surface area contributed by atoms with Crippen LogP contribution < -0.4 is 15.4 Å². The van der Waals surface area contributed by atoms with Gasteiger partial charge < -0.3 is 34.9 Å². The molecule has 3 fully saturated rings. The van der Waals surface area contributed by atoms with Crippen molar-refractivity contribution in [2.75, 3.05) is 38.2 Å². The minimum absolute atomic E-state index is 0.00783. The zero-order valence-electron chi connectivity index (χ0n) is 19.5. The molecule has 9 nitrogen and oxygen atoms in total. The summed E-state index contributed by atoms with van der Waals surface area (Å²) in [7, 11) is 0. The van der Waals surface area contributed by atoms with E-state index >= 15 is 0 Å². The number of fused-ring (bicyclic) bond motifs is 3. The standard InChI is InChI=1S/C25H35N3O6/c29-15-22-24-20(13-18(33-22)14-23(30)28-8-10-32-11-9-28)19-12-17(6-7-21(19)34-24)27-25(31)26-16-4-2-1-3-5-16/h6-7,12,16,18,20,22,24,29H,1-5,8-11,13-15H2,(H2,26,27,31)/t18-,20-,22-,24+/m0/s1. The Hall–Kier alpha value is -2.36. The second-order valence-electron chi connectivity index (χ2n) is 9.79. The monoisotopic (exact) mass is 473 g/mol. The Bertz CT molecular complexity index is 883. The van der Waals surface area contributed by atoms with Gasteiger partial charge in [-0.3, -0.25) is 4.79 Å². The topological polar surface area (TPSA) is 109 Å². The van der Waals surface area contributed by atoms with Gasteiger partial charge in [0.2, 0.25) is 5.91 Å². The van der Waals surface area contributed by atoms with Crippen molar-refractivity contribution in [2.45, 2.75) is 75.2 Å². The summed E-state index contributed by atoms with van der Waals surface area (Å²) < 4.78 is 17.6. The summed E-state index contributed by atoms with van der Waals surface area (Å²) in [6.45, 7) is 2.15. The summed E-state index contributed by atoms with van der Waals surface area (Å²) in [6.07, 6.45) is 5.42. The number of ether oxygens (including phenoxy) is 3. The van der Waals surface area contributed by atoms with E-state index in [0.717, 1.165) is 37.0 Å². The molecule has 0 aromatic heterocycles. The number of aliphatic hydroxyl groups excluding tert-OH is 1. The van der Waals surface area contributed by atoms with E-state index in [9.17, 15) is 14.7 Å². The fourth-order valence-electron chi connectivity index (χ4n) is 5.70. The number of rotatable bonds is 5. The molecule has 3 amide bonds. The number of hydrogen-bond acceptors (Lipinski definition) is 6. The Kier molecular flexibility index (Phi) is 7.22. The highest BCUT2D eigenvalue weighted by atomic mass is 16.6. The third kappa shape index (κ3) is 5.16. The first-order valence-corrected chi connectivity index (χ1v) is 12.6. The molecule has 0 spiro atoms. The molecule has 9 heteroatoms. The average Bonchev–Trinajstić information content (AvgIpc) is 3.22. The van der Waals surface area contributed by atoms with Crippen LogP contribution in [0.2, 0.25) is 0 Å². The van der Waals surface area contributed by atoms with Crippen LogP contribution in [0.1, 0.15) is 56.4 Å². The van der Waals surface area contributed by atoms with Gasteiger partial charge in [-0.2, -0.15) is 0 Å². The third-order valence-corrected chi connectivity index (χ3v) is 7.46. The highest BCUT2D eigenvalue weighted by molar-refractivity contribution is 5.89. The predicted octanol–water partition coefficient (Wildman–Crippen LogP) is 2.38. The summed E-state index contributed by atoms with van der Waals surface area (Å²) in [5, 5.41) is 16.0. The van der Waals surface area contributed by atoms with E-state index in [0.29, 0.717) is 38.4 Å². The first-order chi connectivity index (χ1) is 16.6. The number of benzene rings is 1. The minimum atomic E-state index is -0.500. The normalized spacial score (nSPS) is 29.0. The molecule has 4 aliphatic rings. The van der Waals surface area contributed by atoms with Crippen molar-refractivity contribution in [3.63, 3.8) is 0 Å². The van der Waals surface area contributed by atoms with E-state index < -0.39 is 6.10 Å². The summed E-state index contributed by atoms with van der Waals surface area (Å²) in [6, 6.07) is 5.72. The van der Waals surface area contributed by atoms with Crippen molar-refractivity contribution in [3.05, 3.63) is 23.8 Å². The SMILES string of the molecule is O=C(Nc1ccc2c(c1)[C@@H]1C[C@@H](CC(=O)N3CCOCC3)O[C@@H](CO)[C@@H]1O2)NC1CCCCC1. The van der Waals surface area contributed by atoms with Crippen molar-refractivity contribution in [2.24, 2.45) is 0 Å². The minimum Gasteiger partial charge on any atom is -0.487 e. The number of carbonyl (C=O) groups is 2. The fraction of sp³-hybridized carbons (Fsp3) is 0.680. The number of nitrogens with zero attached hydrogens (tertiary/aromatic N) is 1. The zero-order chi connectivity index (χ0) is 23.5. The second-order valence-corrected chi connectivity index (χ2v) is 9.79. The Morgan fingerprint density at radius 3 is 2.68 bits per heavy atom. The van der Waals surface area contributed by atoms with Crippen molar-refractivity contribution >= 4 is 17.6 Å². The maximum absolute atomic E-state index is 12.8. The molecule has 5 rings (SSSR count). The van der Waals surface area contributed by atoms with Gasteiger partial charge in [-0.1, -0.05) is 19.3 Å². The molecule has 4 atom stereocenters. The molecular weight excluding hydrogens is 438 g/mol. The molecule has 1 saturated carbocycles. The number of amides is 3. The van der Waals surface area contributed by atoms with Gasteiger partial charge in [0.05, 0.1) is 32.3 Å². The number of morpholine rings is 1. The summed E-state index contributed by atoms with van der Waals surface area (Å²) >= 11 is 0. The molecule has 3 heterocycles. The quantitative estimate of drug-likeness (QED) is 0.606. The molecule has 0 radical (unpaired) electrons. The Morgan fingerprint density at radius 1 is 1.12 bits per heavy atom.